The van der Waals surface area contributed by atoms with Crippen molar-refractivity contribution in [2.24, 2.45) is 5.92 Å². The van der Waals surface area contributed by atoms with Crippen molar-refractivity contribution in [1.29, 1.82) is 0 Å². The van der Waals surface area contributed by atoms with Crippen LogP contribution in [0, 0.1) is 12.8 Å². The van der Waals surface area contributed by atoms with Crippen LogP contribution in [0.4, 0.5) is 0 Å². The van der Waals surface area contributed by atoms with Crippen molar-refractivity contribution in [3.05, 3.63) is 45.8 Å². The first-order valence-corrected chi connectivity index (χ1v) is 8.32. The third kappa shape index (κ3) is 3.43. The average Bonchev–Trinajstić information content (AvgIpc) is 2.87. The van der Waals surface area contributed by atoms with Crippen LogP contribution in [0.1, 0.15) is 37.3 Å². The van der Waals surface area contributed by atoms with Crippen molar-refractivity contribution in [3.63, 3.8) is 0 Å². The maximum atomic E-state index is 6.33. The summed E-state index contributed by atoms with van der Waals surface area (Å²) in [6.45, 7) is 9.76. The molecule has 0 bridgehead atoms. The van der Waals surface area contributed by atoms with E-state index in [9.17, 15) is 0 Å². The van der Waals surface area contributed by atoms with E-state index in [1.807, 2.05) is 17.4 Å². The Labute approximate surface area is 131 Å². The van der Waals surface area contributed by atoms with Gasteiger partial charge in [-0.25, -0.2) is 0 Å². The molecule has 0 aliphatic carbocycles. The Morgan fingerprint density at radius 1 is 1.20 bits per heavy atom. The molecule has 0 amide bonds. The van der Waals surface area contributed by atoms with Crippen molar-refractivity contribution in [3.8, 4) is 10.4 Å². The molecule has 0 saturated carbocycles. The van der Waals surface area contributed by atoms with Crippen LogP contribution in [0.5, 0.6) is 0 Å². The molecule has 2 rings (SSSR count). The Hall–Kier alpha value is -0.830. The van der Waals surface area contributed by atoms with Gasteiger partial charge in [0.05, 0.1) is 0 Å². The van der Waals surface area contributed by atoms with Gasteiger partial charge in [0, 0.05) is 26.4 Å². The number of hydrogen-bond donors (Lipinski definition) is 1. The fourth-order valence-electron chi connectivity index (χ4n) is 2.38. The Morgan fingerprint density at radius 2 is 1.95 bits per heavy atom. The van der Waals surface area contributed by atoms with Gasteiger partial charge in [0.1, 0.15) is 0 Å². The summed E-state index contributed by atoms with van der Waals surface area (Å²) in [5.74, 6) is 0.578. The molecular formula is C17H22ClNS. The van der Waals surface area contributed by atoms with Gasteiger partial charge >= 0.3 is 0 Å². The zero-order valence-electron chi connectivity index (χ0n) is 12.5. The highest BCUT2D eigenvalue weighted by Crippen LogP contribution is 2.37. The third-order valence-electron chi connectivity index (χ3n) is 3.41. The smallest absolute Gasteiger partial charge is 0.0492 e. The van der Waals surface area contributed by atoms with Crippen LogP contribution >= 0.6 is 22.9 Å². The third-order valence-corrected chi connectivity index (χ3v) is 4.94. The highest BCUT2D eigenvalue weighted by molar-refractivity contribution is 7.15. The molecule has 0 saturated heterocycles. The van der Waals surface area contributed by atoms with Gasteiger partial charge in [0.25, 0.3) is 0 Å². The summed E-state index contributed by atoms with van der Waals surface area (Å²) in [7, 11) is 0. The first-order valence-electron chi connectivity index (χ1n) is 7.12. The van der Waals surface area contributed by atoms with E-state index in [1.165, 1.54) is 15.3 Å². The first kappa shape index (κ1) is 15.6. The molecule has 20 heavy (non-hydrogen) atoms. The van der Waals surface area contributed by atoms with Crippen LogP contribution in [0.2, 0.25) is 5.02 Å². The molecule has 1 nitrogen and oxygen atoms in total. The SMILES string of the molecule is CCNC(c1ccc(-c2cc(C)ccc2Cl)s1)C(C)C. The molecule has 0 aliphatic heterocycles. The molecular weight excluding hydrogens is 286 g/mol. The zero-order chi connectivity index (χ0) is 14.7. The molecule has 0 fully saturated rings. The van der Waals surface area contributed by atoms with E-state index in [4.69, 9.17) is 11.6 Å². The molecule has 1 aromatic carbocycles. The van der Waals surface area contributed by atoms with Gasteiger partial charge in [-0.05, 0) is 43.7 Å². The second kappa shape index (κ2) is 6.75. The van der Waals surface area contributed by atoms with Gasteiger partial charge in [-0.2, -0.15) is 0 Å². The zero-order valence-corrected chi connectivity index (χ0v) is 14.1. The summed E-state index contributed by atoms with van der Waals surface area (Å²) in [5, 5.41) is 4.39. The predicted octanol–water partition coefficient (Wildman–Crippen LogP) is 5.68. The number of nitrogens with one attached hydrogen (secondary N) is 1. The molecule has 1 aromatic heterocycles. The second-order valence-electron chi connectivity index (χ2n) is 5.46. The quantitative estimate of drug-likeness (QED) is 0.749. The van der Waals surface area contributed by atoms with Crippen molar-refractivity contribution < 1.29 is 0 Å². The van der Waals surface area contributed by atoms with Gasteiger partial charge in [-0.3, -0.25) is 0 Å². The monoisotopic (exact) mass is 307 g/mol. The Morgan fingerprint density at radius 3 is 2.60 bits per heavy atom. The van der Waals surface area contributed by atoms with Gasteiger partial charge in [-0.15, -0.1) is 11.3 Å². The van der Waals surface area contributed by atoms with Crippen LogP contribution in [0.25, 0.3) is 10.4 Å². The molecule has 0 spiro atoms. The highest BCUT2D eigenvalue weighted by atomic mass is 35.5. The maximum absolute atomic E-state index is 6.33. The van der Waals surface area contributed by atoms with Crippen LogP contribution in [-0.4, -0.2) is 6.54 Å². The summed E-state index contributed by atoms with van der Waals surface area (Å²) in [5.41, 5.74) is 2.38. The Bertz CT molecular complexity index is 574. The van der Waals surface area contributed by atoms with E-state index >= 15 is 0 Å². The molecule has 0 radical (unpaired) electrons. The van der Waals surface area contributed by atoms with Crippen molar-refractivity contribution in [2.75, 3.05) is 6.54 Å². The first-order chi connectivity index (χ1) is 9.52. The van der Waals surface area contributed by atoms with Crippen molar-refractivity contribution in [1.82, 2.24) is 5.32 Å². The largest absolute Gasteiger partial charge is 0.309 e. The lowest BCUT2D eigenvalue weighted by Gasteiger charge is -2.20. The van der Waals surface area contributed by atoms with Crippen LogP contribution in [0.15, 0.2) is 30.3 Å². The minimum atomic E-state index is 0.419. The van der Waals surface area contributed by atoms with E-state index in [-0.39, 0.29) is 0 Å². The number of rotatable bonds is 5. The lowest BCUT2D eigenvalue weighted by atomic mass is 10.0. The summed E-state index contributed by atoms with van der Waals surface area (Å²) in [6, 6.07) is 11.0. The van der Waals surface area contributed by atoms with E-state index in [0.29, 0.717) is 12.0 Å². The highest BCUT2D eigenvalue weighted by Gasteiger charge is 2.17. The number of hydrogen-bond acceptors (Lipinski definition) is 2. The average molecular weight is 308 g/mol. The molecule has 1 N–H and O–H groups in total. The summed E-state index contributed by atoms with van der Waals surface area (Å²) >= 11 is 8.17. The molecule has 1 atom stereocenters. The molecule has 0 aliphatic rings. The summed E-state index contributed by atoms with van der Waals surface area (Å²) < 4.78 is 0. The topological polar surface area (TPSA) is 12.0 Å². The molecule has 1 unspecified atom stereocenters. The molecule has 2 aromatic rings. The van der Waals surface area contributed by atoms with Gasteiger partial charge in [0.2, 0.25) is 0 Å². The van der Waals surface area contributed by atoms with Gasteiger partial charge < -0.3 is 5.32 Å². The van der Waals surface area contributed by atoms with Crippen LogP contribution < -0.4 is 5.32 Å². The minimum Gasteiger partial charge on any atom is -0.309 e. The Kier molecular flexibility index (Phi) is 5.25. The Balaban J connectivity index is 2.34. The van der Waals surface area contributed by atoms with Crippen molar-refractivity contribution >= 4 is 22.9 Å². The fourth-order valence-corrected chi connectivity index (χ4v) is 3.94. The molecule has 1 heterocycles. The van der Waals surface area contributed by atoms with Crippen LogP contribution in [-0.2, 0) is 0 Å². The van der Waals surface area contributed by atoms with Gasteiger partial charge in [-0.1, -0.05) is 44.0 Å². The van der Waals surface area contributed by atoms with E-state index in [1.54, 1.807) is 0 Å². The lowest BCUT2D eigenvalue weighted by Crippen LogP contribution is -2.24. The lowest BCUT2D eigenvalue weighted by molar-refractivity contribution is 0.428. The van der Waals surface area contributed by atoms with E-state index < -0.39 is 0 Å². The summed E-state index contributed by atoms with van der Waals surface area (Å²) in [4.78, 5) is 2.63. The molecule has 3 heteroatoms. The van der Waals surface area contributed by atoms with E-state index in [0.717, 1.165) is 17.1 Å². The molecule has 108 valence electrons. The normalized spacial score (nSPS) is 12.9. The number of benzene rings is 1. The number of aryl methyl sites for hydroxylation is 1. The fraction of sp³-hybridized carbons (Fsp3) is 0.412. The maximum Gasteiger partial charge on any atom is 0.0492 e. The number of thiophene rings is 1. The summed E-state index contributed by atoms with van der Waals surface area (Å²) in [6.07, 6.45) is 0. The van der Waals surface area contributed by atoms with Crippen LogP contribution in [0.3, 0.4) is 0 Å². The van der Waals surface area contributed by atoms with Gasteiger partial charge in [0.15, 0.2) is 0 Å². The predicted molar refractivity (Wildman–Crippen MR) is 90.8 cm³/mol. The minimum absolute atomic E-state index is 0.419. The van der Waals surface area contributed by atoms with E-state index in [2.05, 4.69) is 57.3 Å². The van der Waals surface area contributed by atoms with Crippen molar-refractivity contribution in [2.45, 2.75) is 33.7 Å². The second-order valence-corrected chi connectivity index (χ2v) is 6.99. The standard InChI is InChI=1S/C17H22ClNS/c1-5-19-17(11(2)3)16-9-8-15(20-16)13-10-12(4)6-7-14(13)18/h6-11,17,19H,5H2,1-4H3. The number of halogens is 1.